The Morgan fingerprint density at radius 2 is 1.64 bits per heavy atom. The summed E-state index contributed by atoms with van der Waals surface area (Å²) in [6.45, 7) is 17.6. The van der Waals surface area contributed by atoms with Crippen molar-refractivity contribution in [3.05, 3.63) is 110 Å². The summed E-state index contributed by atoms with van der Waals surface area (Å²) in [5.41, 5.74) is 6.54. The van der Waals surface area contributed by atoms with Gasteiger partial charge in [-0.1, -0.05) is 63.2 Å². The van der Waals surface area contributed by atoms with Crippen LogP contribution in [0, 0.1) is 40.5 Å². The minimum absolute atomic E-state index is 0.0183. The number of likely N-dealkylation sites (tertiary alicyclic amines) is 2. The molecule has 2 aromatic heterocycles. The second-order valence-electron chi connectivity index (χ2n) is 21.1. The molecule has 5 N–H and O–H groups in total. The zero-order valence-electron chi connectivity index (χ0n) is 46.3. The average molecular weight is 1160 g/mol. The van der Waals surface area contributed by atoms with Crippen LogP contribution < -0.4 is 41.1 Å². The Morgan fingerprint density at radius 1 is 0.975 bits per heavy atom. The van der Waals surface area contributed by atoms with E-state index in [1.807, 2.05) is 6.07 Å². The highest BCUT2D eigenvalue weighted by atomic mass is 35.5. The average Bonchev–Trinajstić information content (AvgIpc) is 4.38. The summed E-state index contributed by atoms with van der Waals surface area (Å²) in [5, 5.41) is 19.4. The van der Waals surface area contributed by atoms with Crippen molar-refractivity contribution in [1.29, 1.82) is 5.26 Å². The molecular weight excluding hydrogens is 1090 g/mol. The third kappa shape index (κ3) is 15.9. The van der Waals surface area contributed by atoms with Gasteiger partial charge in [-0.3, -0.25) is 14.4 Å². The molecule has 6 heterocycles. The number of ether oxygens (including phenoxy) is 2. The van der Waals surface area contributed by atoms with Crippen molar-refractivity contribution in [3.63, 3.8) is 0 Å². The van der Waals surface area contributed by atoms with Crippen LogP contribution >= 0.6 is 22.9 Å². The highest BCUT2D eigenvalue weighted by molar-refractivity contribution is 7.14. The molecular formula is C59H70ClF5N10O5S. The van der Waals surface area contributed by atoms with Gasteiger partial charge in [0.15, 0.2) is 5.82 Å². The molecule has 434 valence electrons. The number of amides is 3. The maximum atomic E-state index is 16.0. The van der Waals surface area contributed by atoms with E-state index in [-0.39, 0.29) is 84.2 Å². The lowest BCUT2D eigenvalue weighted by atomic mass is 10.00. The number of nitrogens with two attached hydrogens (primary N) is 1. The Morgan fingerprint density at radius 3 is 2.27 bits per heavy atom. The van der Waals surface area contributed by atoms with E-state index in [1.165, 1.54) is 43.1 Å². The number of hydrogen-bond donors (Lipinski definition) is 4. The highest BCUT2D eigenvalue weighted by Gasteiger charge is 2.36. The van der Waals surface area contributed by atoms with Crippen LogP contribution in [0.15, 0.2) is 55.1 Å². The van der Waals surface area contributed by atoms with Crippen LogP contribution in [0.5, 0.6) is 6.01 Å². The van der Waals surface area contributed by atoms with Gasteiger partial charge < -0.3 is 45.9 Å². The number of rotatable bonds is 17. The quantitative estimate of drug-likeness (QED) is 0.0513. The fourth-order valence-corrected chi connectivity index (χ4v) is 11.4. The molecule has 2 bridgehead atoms. The Hall–Kier alpha value is -6.70. The second-order valence-corrected chi connectivity index (χ2v) is 22.5. The number of aromatic nitrogens is 2. The minimum atomic E-state index is -1.000. The van der Waals surface area contributed by atoms with Gasteiger partial charge in [-0.05, 0) is 100 Å². The molecule has 0 radical (unpaired) electrons. The van der Waals surface area contributed by atoms with Crippen molar-refractivity contribution in [2.45, 2.75) is 103 Å². The summed E-state index contributed by atoms with van der Waals surface area (Å²) in [6, 6.07) is 10.7. The van der Waals surface area contributed by atoms with Gasteiger partial charge in [0.05, 0.1) is 47.0 Å². The van der Waals surface area contributed by atoms with Crippen molar-refractivity contribution >= 4 is 74.3 Å². The van der Waals surface area contributed by atoms with Gasteiger partial charge in [-0.25, -0.2) is 22.0 Å². The number of thiophene rings is 1. The van der Waals surface area contributed by atoms with Crippen LogP contribution in [-0.4, -0.2) is 122 Å². The van der Waals surface area contributed by atoms with Crippen LogP contribution in [0.3, 0.4) is 0 Å². The normalized spacial score (nSPS) is 18.7. The molecule has 4 saturated heterocycles. The molecule has 15 nitrogen and oxygen atoms in total. The van der Waals surface area contributed by atoms with E-state index < -0.39 is 41.2 Å². The number of nitrogens with one attached hydrogen (secondary N) is 3. The maximum Gasteiger partial charge on any atom is 0.318 e. The molecule has 5 aromatic rings. The lowest BCUT2D eigenvalue weighted by Crippen LogP contribution is -2.51. The number of methoxy groups -OCH3 is 1. The number of piperazine rings is 1. The first kappa shape index (κ1) is 61.9. The van der Waals surface area contributed by atoms with E-state index in [1.54, 1.807) is 25.1 Å². The molecule has 3 amide bonds. The zero-order chi connectivity index (χ0) is 58.5. The van der Waals surface area contributed by atoms with E-state index in [9.17, 15) is 37.2 Å². The predicted octanol–water partition coefficient (Wildman–Crippen LogP) is 8.59. The zero-order valence-corrected chi connectivity index (χ0v) is 47.9. The van der Waals surface area contributed by atoms with E-state index in [0.29, 0.717) is 73.6 Å². The van der Waals surface area contributed by atoms with Gasteiger partial charge in [-0.2, -0.15) is 15.2 Å². The first-order valence-corrected chi connectivity index (χ1v) is 28.5. The summed E-state index contributed by atoms with van der Waals surface area (Å²) < 4.78 is 82.9. The van der Waals surface area contributed by atoms with Gasteiger partial charge in [-0.15, -0.1) is 11.3 Å². The molecule has 4 aliphatic heterocycles. The number of nitrogens with zero attached hydrogens (tertiary/aromatic N) is 6. The lowest BCUT2D eigenvalue weighted by Gasteiger charge is -2.34. The molecule has 0 saturated carbocycles. The Balaban J connectivity index is 0.000000222. The van der Waals surface area contributed by atoms with Crippen molar-refractivity contribution in [2.24, 2.45) is 5.92 Å². The molecule has 4 atom stereocenters. The monoisotopic (exact) mass is 1160 g/mol. The molecule has 4 fully saturated rings. The number of nitrogen functional groups attached to an aromatic ring is 1. The van der Waals surface area contributed by atoms with Gasteiger partial charge in [0.25, 0.3) is 0 Å². The number of nitriles is 1. The largest absolute Gasteiger partial charge is 0.467 e. The van der Waals surface area contributed by atoms with E-state index in [2.05, 4.69) is 63.1 Å². The van der Waals surface area contributed by atoms with Gasteiger partial charge in [0.2, 0.25) is 17.7 Å². The Labute approximate surface area is 478 Å². The number of fused-ring (bicyclic) bond motifs is 3. The lowest BCUT2D eigenvalue weighted by molar-refractivity contribution is -0.139. The standard InChI is InChI=1S/C31H39F3N4O4.C24H21ClF2N6OS.C4H10/c1-21(22-7-9-23(10-8-22)30-25(33)18-24(32)19-26(30)34)36-31(41)27-6-4-15-38(27)29(40)20-35-28(39)11-17-42-16-5-14-37-12-2-3-13-37;1-3-18(26)21-13(16(8-28)22(29)35-21)6-14-17(25)7-15-20(19(14)27)31-24(34-2)32-23(15)33-9-11-4-5-12(10-33)30-11;1-4(2)3/h7-10,18-19,21,27H,2-6,11-17,20H2,1H3,(H,35,39)(H,36,41);3,6-7,11-12,30H,1,4-5,9-10,29H2,2H3;4H,1-3H3/b;13-6+,21-18-;/t21-,27-;;/m0../s1. The molecule has 0 spiro atoms. The molecule has 2 unspecified atom stereocenters. The number of allylic oxidation sites excluding steroid dienone is 1. The smallest absolute Gasteiger partial charge is 0.318 e. The summed E-state index contributed by atoms with van der Waals surface area (Å²) >= 11 is 7.44. The number of halogens is 6. The summed E-state index contributed by atoms with van der Waals surface area (Å²) in [4.78, 5) is 52.8. The molecule has 4 aliphatic rings. The van der Waals surface area contributed by atoms with Crippen molar-refractivity contribution in [2.75, 3.05) is 76.8 Å². The summed E-state index contributed by atoms with van der Waals surface area (Å²) in [6.07, 6.45) is 9.25. The van der Waals surface area contributed by atoms with Gasteiger partial charge in [0, 0.05) is 79.6 Å². The first-order chi connectivity index (χ1) is 38.8. The van der Waals surface area contributed by atoms with Crippen molar-refractivity contribution < 1.29 is 45.8 Å². The van der Waals surface area contributed by atoms with Crippen LogP contribution in [0.2, 0.25) is 5.02 Å². The highest BCUT2D eigenvalue weighted by Crippen LogP contribution is 2.36. The van der Waals surface area contributed by atoms with Crippen molar-refractivity contribution in [3.8, 4) is 23.2 Å². The molecule has 22 heteroatoms. The van der Waals surface area contributed by atoms with E-state index in [0.717, 1.165) is 75.3 Å². The number of carbonyl (C=O) groups excluding carboxylic acids is 3. The predicted molar refractivity (Wildman–Crippen MR) is 306 cm³/mol. The molecule has 0 aliphatic carbocycles. The van der Waals surface area contributed by atoms with Crippen LogP contribution in [-0.2, 0) is 19.1 Å². The fraction of sp³-hybridized carbons (Fsp3) is 0.458. The van der Waals surface area contributed by atoms with Crippen LogP contribution in [0.25, 0.3) is 33.9 Å². The Kier molecular flexibility index (Phi) is 22.0. The molecule has 3 aromatic carbocycles. The third-order valence-electron chi connectivity index (χ3n) is 14.2. The number of hydrogen-bond acceptors (Lipinski definition) is 13. The van der Waals surface area contributed by atoms with Crippen molar-refractivity contribution in [1.82, 2.24) is 35.7 Å². The van der Waals surface area contributed by atoms with E-state index >= 15 is 4.39 Å². The first-order valence-electron chi connectivity index (χ1n) is 27.3. The van der Waals surface area contributed by atoms with Crippen LogP contribution in [0.4, 0.5) is 32.8 Å². The fourth-order valence-electron chi connectivity index (χ4n) is 10.3. The number of anilines is 2. The van der Waals surface area contributed by atoms with E-state index in [4.69, 9.17) is 26.8 Å². The SMILES string of the molecule is C=C/C(F)=c1/sc(N)c(C#N)/c1=C\c1c(Cl)cc2c(N3CC4CCC(C3)N4)nc(OC)nc2c1F.CC(C)C.C[C@H](NC(=O)[C@@H]1CCCN1C(=O)CNC(=O)CCOCCCN1CCCC1)c1ccc(-c2c(F)cc(F)cc2F)cc1. The third-order valence-corrected chi connectivity index (χ3v) is 15.5. The topological polar surface area (TPSA) is 191 Å². The van der Waals surface area contributed by atoms with Gasteiger partial charge >= 0.3 is 6.01 Å². The molecule has 9 rings (SSSR count). The minimum Gasteiger partial charge on any atom is -0.467 e. The summed E-state index contributed by atoms with van der Waals surface area (Å²) in [7, 11) is 1.42. The maximum absolute atomic E-state index is 16.0. The number of benzene rings is 3. The summed E-state index contributed by atoms with van der Waals surface area (Å²) in [5.74, 6) is -3.94. The second kappa shape index (κ2) is 28.8. The Bertz CT molecular complexity index is 3210. The van der Waals surface area contributed by atoms with Crippen LogP contribution in [0.1, 0.15) is 102 Å². The number of carbonyl (C=O) groups is 3. The molecule has 81 heavy (non-hydrogen) atoms. The van der Waals surface area contributed by atoms with Gasteiger partial charge in [0.1, 0.15) is 51.7 Å².